The molecule has 2 amide bonds. The molecule has 178 valence electrons. The molecule has 0 aliphatic rings. The number of halogens is 4. The van der Waals surface area contributed by atoms with Crippen LogP contribution in [0.15, 0.2) is 66.7 Å². The molecule has 34 heavy (non-hydrogen) atoms. The molecule has 3 rings (SSSR count). The first kappa shape index (κ1) is 24.6. The normalized spacial score (nSPS) is 12.0. The van der Waals surface area contributed by atoms with Crippen molar-refractivity contribution < 1.29 is 36.6 Å². The Hall–Kier alpha value is -4.08. The molecule has 3 aromatic carbocycles. The molecule has 0 aliphatic heterocycles. The minimum atomic E-state index is -4.58. The topological polar surface area (TPSA) is 90.7 Å². The minimum absolute atomic E-state index is 0.113. The summed E-state index contributed by atoms with van der Waals surface area (Å²) in [5, 5.41) is 2.69. The highest BCUT2D eigenvalue weighted by Gasteiger charge is 2.31. The van der Waals surface area contributed by atoms with Crippen LogP contribution >= 0.6 is 0 Å². The van der Waals surface area contributed by atoms with Crippen molar-refractivity contribution in [3.05, 3.63) is 94.8 Å². The summed E-state index contributed by atoms with van der Waals surface area (Å²) in [6, 6.07) is 12.7. The Balaban J connectivity index is 1.95. The lowest BCUT2D eigenvalue weighted by molar-refractivity contribution is -0.137. The first-order chi connectivity index (χ1) is 16.1. The van der Waals surface area contributed by atoms with Crippen molar-refractivity contribution in [1.29, 1.82) is 0 Å². The van der Waals surface area contributed by atoms with E-state index in [9.17, 15) is 27.2 Å². The zero-order valence-electron chi connectivity index (χ0n) is 17.9. The number of nitrogens with one attached hydrogen (secondary N) is 1. The maximum absolute atomic E-state index is 13.4. The Morgan fingerprint density at radius 3 is 2.29 bits per heavy atom. The van der Waals surface area contributed by atoms with Crippen LogP contribution in [0.3, 0.4) is 0 Å². The number of nitrogens with two attached hydrogens (primary N) is 1. The smallest absolute Gasteiger partial charge is 0.416 e. The van der Waals surface area contributed by atoms with Crippen molar-refractivity contribution in [2.75, 3.05) is 13.7 Å². The van der Waals surface area contributed by atoms with E-state index in [4.69, 9.17) is 15.2 Å². The molecule has 0 spiro atoms. The largest absolute Gasteiger partial charge is 0.493 e. The summed E-state index contributed by atoms with van der Waals surface area (Å²) >= 11 is 0. The zero-order valence-corrected chi connectivity index (χ0v) is 17.9. The molecule has 0 bridgehead atoms. The van der Waals surface area contributed by atoms with Gasteiger partial charge in [-0.2, -0.15) is 13.2 Å². The first-order valence-corrected chi connectivity index (χ1v) is 9.91. The standard InChI is InChI=1S/C24H20F4N2O4/c1-33-20-12-16(7-10-19(20)34-13-21(29)31)23(32)30-22(14-5-8-18(25)9-6-14)15-3-2-4-17(11-15)24(26,27)28/h2-12,22H,13H2,1H3,(H2,29,31)(H,30,32). The van der Waals surface area contributed by atoms with Crippen LogP contribution in [0.25, 0.3) is 0 Å². The number of hydrogen-bond acceptors (Lipinski definition) is 4. The van der Waals surface area contributed by atoms with Gasteiger partial charge in [-0.05, 0) is 53.6 Å². The van der Waals surface area contributed by atoms with Crippen molar-refractivity contribution in [1.82, 2.24) is 5.32 Å². The van der Waals surface area contributed by atoms with Crippen LogP contribution in [-0.4, -0.2) is 25.5 Å². The first-order valence-electron chi connectivity index (χ1n) is 9.91. The van der Waals surface area contributed by atoms with E-state index >= 15 is 0 Å². The minimum Gasteiger partial charge on any atom is -0.493 e. The highest BCUT2D eigenvalue weighted by molar-refractivity contribution is 5.95. The summed E-state index contributed by atoms with van der Waals surface area (Å²) < 4.78 is 63.6. The van der Waals surface area contributed by atoms with E-state index in [0.717, 1.165) is 24.3 Å². The van der Waals surface area contributed by atoms with Crippen molar-refractivity contribution in [2.45, 2.75) is 12.2 Å². The molecule has 10 heteroatoms. The number of methoxy groups -OCH3 is 1. The number of ether oxygens (including phenoxy) is 2. The number of carbonyl (C=O) groups excluding carboxylic acids is 2. The van der Waals surface area contributed by atoms with E-state index in [-0.39, 0.29) is 22.6 Å². The molecule has 0 saturated carbocycles. The Morgan fingerprint density at radius 1 is 0.971 bits per heavy atom. The molecule has 0 aromatic heterocycles. The highest BCUT2D eigenvalue weighted by atomic mass is 19.4. The van der Waals surface area contributed by atoms with Crippen LogP contribution in [0.4, 0.5) is 17.6 Å². The number of amides is 2. The van der Waals surface area contributed by atoms with Gasteiger partial charge in [-0.15, -0.1) is 0 Å². The molecule has 0 radical (unpaired) electrons. The Kier molecular flexibility index (Phi) is 7.40. The van der Waals surface area contributed by atoms with Crippen LogP contribution in [0.5, 0.6) is 11.5 Å². The monoisotopic (exact) mass is 476 g/mol. The van der Waals surface area contributed by atoms with Gasteiger partial charge in [0.2, 0.25) is 0 Å². The lowest BCUT2D eigenvalue weighted by Crippen LogP contribution is -2.29. The summed E-state index contributed by atoms with van der Waals surface area (Å²) in [4.78, 5) is 24.0. The average Bonchev–Trinajstić information content (AvgIpc) is 2.81. The van der Waals surface area contributed by atoms with Gasteiger partial charge >= 0.3 is 6.18 Å². The summed E-state index contributed by atoms with van der Waals surface area (Å²) in [5.74, 6) is -1.55. The summed E-state index contributed by atoms with van der Waals surface area (Å²) in [6.45, 7) is -0.399. The van der Waals surface area contributed by atoms with Crippen molar-refractivity contribution in [3.8, 4) is 11.5 Å². The maximum atomic E-state index is 13.4. The van der Waals surface area contributed by atoms with Crippen LogP contribution in [0.2, 0.25) is 0 Å². The quantitative estimate of drug-likeness (QED) is 0.476. The number of hydrogen-bond donors (Lipinski definition) is 2. The average molecular weight is 476 g/mol. The van der Waals surface area contributed by atoms with Gasteiger partial charge in [-0.1, -0.05) is 24.3 Å². The fourth-order valence-corrected chi connectivity index (χ4v) is 3.20. The van der Waals surface area contributed by atoms with E-state index in [1.807, 2.05) is 0 Å². The van der Waals surface area contributed by atoms with Gasteiger partial charge in [0.15, 0.2) is 18.1 Å². The highest BCUT2D eigenvalue weighted by Crippen LogP contribution is 2.33. The number of carbonyl (C=O) groups is 2. The third-order valence-electron chi connectivity index (χ3n) is 4.82. The summed E-state index contributed by atoms with van der Waals surface area (Å²) in [6.07, 6.45) is -4.58. The summed E-state index contributed by atoms with van der Waals surface area (Å²) in [5.41, 5.74) is 4.82. The Labute approximate surface area is 192 Å². The van der Waals surface area contributed by atoms with Crippen LogP contribution in [0.1, 0.15) is 33.1 Å². The maximum Gasteiger partial charge on any atom is 0.416 e. The molecule has 3 aromatic rings. The van der Waals surface area contributed by atoms with Crippen molar-refractivity contribution in [3.63, 3.8) is 0 Å². The second-order valence-electron chi connectivity index (χ2n) is 7.20. The third-order valence-corrected chi connectivity index (χ3v) is 4.82. The van der Waals surface area contributed by atoms with E-state index < -0.39 is 42.0 Å². The molecule has 0 heterocycles. The lowest BCUT2D eigenvalue weighted by atomic mass is 9.96. The van der Waals surface area contributed by atoms with Gasteiger partial charge in [0.05, 0.1) is 18.7 Å². The Bertz CT molecular complexity index is 1180. The predicted molar refractivity (Wildman–Crippen MR) is 115 cm³/mol. The predicted octanol–water partition coefficient (Wildman–Crippen LogP) is 4.24. The van der Waals surface area contributed by atoms with E-state index in [0.29, 0.717) is 5.56 Å². The summed E-state index contributed by atoms with van der Waals surface area (Å²) in [7, 11) is 1.33. The molecule has 0 saturated heterocycles. The molecule has 1 unspecified atom stereocenters. The molecule has 6 nitrogen and oxygen atoms in total. The van der Waals surface area contributed by atoms with E-state index in [2.05, 4.69) is 5.32 Å². The second-order valence-corrected chi connectivity index (χ2v) is 7.20. The van der Waals surface area contributed by atoms with E-state index in [1.165, 1.54) is 49.6 Å². The number of primary amides is 1. The van der Waals surface area contributed by atoms with Crippen LogP contribution < -0.4 is 20.5 Å². The van der Waals surface area contributed by atoms with Crippen LogP contribution in [0, 0.1) is 5.82 Å². The van der Waals surface area contributed by atoms with Crippen molar-refractivity contribution >= 4 is 11.8 Å². The molecule has 0 aliphatic carbocycles. The molecule has 1 atom stereocenters. The number of alkyl halides is 3. The fourth-order valence-electron chi connectivity index (χ4n) is 3.20. The molecular formula is C24H20F4N2O4. The SMILES string of the molecule is COc1cc(C(=O)NC(c2ccc(F)cc2)c2cccc(C(F)(F)F)c2)ccc1OCC(N)=O. The van der Waals surface area contributed by atoms with Gasteiger partial charge < -0.3 is 20.5 Å². The lowest BCUT2D eigenvalue weighted by Gasteiger charge is -2.21. The molecule has 3 N–H and O–H groups in total. The van der Waals surface area contributed by atoms with Crippen molar-refractivity contribution in [2.24, 2.45) is 5.73 Å². The second kappa shape index (κ2) is 10.2. The van der Waals surface area contributed by atoms with Gasteiger partial charge in [0.1, 0.15) is 5.82 Å². The molecular weight excluding hydrogens is 456 g/mol. The third kappa shape index (κ3) is 6.03. The van der Waals surface area contributed by atoms with Gasteiger partial charge in [0, 0.05) is 5.56 Å². The van der Waals surface area contributed by atoms with Crippen LogP contribution in [-0.2, 0) is 11.0 Å². The Morgan fingerprint density at radius 2 is 1.68 bits per heavy atom. The van der Waals surface area contributed by atoms with Gasteiger partial charge in [0.25, 0.3) is 11.8 Å². The number of benzene rings is 3. The van der Waals surface area contributed by atoms with Gasteiger partial charge in [-0.25, -0.2) is 4.39 Å². The van der Waals surface area contributed by atoms with E-state index in [1.54, 1.807) is 0 Å². The van der Waals surface area contributed by atoms with Gasteiger partial charge in [-0.3, -0.25) is 9.59 Å². The number of rotatable bonds is 8. The fraction of sp³-hybridized carbons (Fsp3) is 0.167. The molecule has 0 fully saturated rings. The zero-order chi connectivity index (χ0) is 24.9.